The van der Waals surface area contributed by atoms with Crippen molar-refractivity contribution in [2.75, 3.05) is 0 Å². The minimum Gasteiger partial charge on any atom is -0.348 e. The number of rotatable bonds is 1. The molecule has 1 aromatic heterocycles. The zero-order chi connectivity index (χ0) is 13.5. The van der Waals surface area contributed by atoms with E-state index in [2.05, 4.69) is 0 Å². The molecule has 3 heteroatoms. The zero-order valence-electron chi connectivity index (χ0n) is 11.2. The molecule has 0 saturated carbocycles. The van der Waals surface area contributed by atoms with E-state index in [1.165, 1.54) is 12.1 Å². The van der Waals surface area contributed by atoms with Gasteiger partial charge in [0, 0.05) is 24.2 Å². The van der Waals surface area contributed by atoms with Crippen LogP contribution in [0.3, 0.4) is 0 Å². The van der Waals surface area contributed by atoms with Gasteiger partial charge in [0.2, 0.25) is 0 Å². The molecule has 0 aliphatic heterocycles. The third kappa shape index (κ3) is 2.05. The first kappa shape index (κ1) is 12.8. The molecule has 0 bridgehead atoms. The Labute approximate surface area is 106 Å². The van der Waals surface area contributed by atoms with Crippen molar-refractivity contribution in [3.05, 3.63) is 46.0 Å². The van der Waals surface area contributed by atoms with E-state index in [-0.39, 0.29) is 16.7 Å². The van der Waals surface area contributed by atoms with Gasteiger partial charge in [-0.15, -0.1) is 0 Å². The van der Waals surface area contributed by atoms with Crippen molar-refractivity contribution in [1.82, 2.24) is 4.57 Å². The number of aromatic nitrogens is 1. The first-order valence-electron chi connectivity index (χ1n) is 6.17. The van der Waals surface area contributed by atoms with Crippen LogP contribution in [0.25, 0.3) is 10.9 Å². The molecular formula is C15H18FNO. The summed E-state index contributed by atoms with van der Waals surface area (Å²) in [5.74, 6) is -0.305. The maximum Gasteiger partial charge on any atom is 0.189 e. The van der Waals surface area contributed by atoms with Gasteiger partial charge in [-0.25, -0.2) is 4.39 Å². The fourth-order valence-electron chi connectivity index (χ4n) is 2.18. The minimum atomic E-state index is -0.305. The highest BCUT2D eigenvalue weighted by molar-refractivity contribution is 5.80. The van der Waals surface area contributed by atoms with Crippen LogP contribution in [-0.4, -0.2) is 4.57 Å². The van der Waals surface area contributed by atoms with Crippen molar-refractivity contribution >= 4 is 10.9 Å². The predicted octanol–water partition coefficient (Wildman–Crippen LogP) is 3.46. The fraction of sp³-hybridized carbons (Fsp3) is 0.400. The van der Waals surface area contributed by atoms with Crippen molar-refractivity contribution in [1.29, 1.82) is 0 Å². The van der Waals surface area contributed by atoms with E-state index < -0.39 is 0 Å². The Morgan fingerprint density at radius 2 is 1.94 bits per heavy atom. The van der Waals surface area contributed by atoms with E-state index in [9.17, 15) is 9.18 Å². The fourth-order valence-corrected chi connectivity index (χ4v) is 2.18. The number of halogens is 1. The van der Waals surface area contributed by atoms with Crippen LogP contribution in [0.1, 0.15) is 33.3 Å². The molecule has 0 spiro atoms. The number of benzene rings is 1. The van der Waals surface area contributed by atoms with Gasteiger partial charge in [-0.3, -0.25) is 4.79 Å². The second-order valence-corrected chi connectivity index (χ2v) is 5.57. The number of hydrogen-bond donors (Lipinski definition) is 0. The molecule has 0 atom stereocenters. The van der Waals surface area contributed by atoms with E-state index in [0.29, 0.717) is 10.9 Å². The van der Waals surface area contributed by atoms with Gasteiger partial charge in [-0.05, 0) is 30.0 Å². The topological polar surface area (TPSA) is 22.0 Å². The third-order valence-corrected chi connectivity index (χ3v) is 3.21. The SMILES string of the molecule is CCn1ccc(=O)c2cc(F)c(C(C)(C)C)cc21. The normalized spacial score (nSPS) is 12.1. The molecule has 0 fully saturated rings. The van der Waals surface area contributed by atoms with Crippen LogP contribution in [0.15, 0.2) is 29.2 Å². The number of pyridine rings is 1. The van der Waals surface area contributed by atoms with Crippen LogP contribution in [0.2, 0.25) is 0 Å². The lowest BCUT2D eigenvalue weighted by molar-refractivity contribution is 0.524. The lowest BCUT2D eigenvalue weighted by atomic mass is 9.86. The Bertz CT molecular complexity index is 650. The van der Waals surface area contributed by atoms with E-state index in [1.807, 2.05) is 32.3 Å². The highest BCUT2D eigenvalue weighted by Gasteiger charge is 2.20. The highest BCUT2D eigenvalue weighted by Crippen LogP contribution is 2.28. The molecule has 96 valence electrons. The summed E-state index contributed by atoms with van der Waals surface area (Å²) in [6, 6.07) is 4.65. The summed E-state index contributed by atoms with van der Waals surface area (Å²) in [5, 5.41) is 0.449. The smallest absolute Gasteiger partial charge is 0.189 e. The predicted molar refractivity (Wildman–Crippen MR) is 72.5 cm³/mol. The number of hydrogen-bond acceptors (Lipinski definition) is 1. The van der Waals surface area contributed by atoms with Gasteiger partial charge < -0.3 is 4.57 Å². The van der Waals surface area contributed by atoms with Crippen LogP contribution in [-0.2, 0) is 12.0 Å². The van der Waals surface area contributed by atoms with Crippen molar-refractivity contribution in [2.24, 2.45) is 0 Å². The minimum absolute atomic E-state index is 0.131. The molecule has 2 aromatic rings. The van der Waals surface area contributed by atoms with E-state index in [4.69, 9.17) is 0 Å². The Hall–Kier alpha value is -1.64. The van der Waals surface area contributed by atoms with Crippen molar-refractivity contribution in [2.45, 2.75) is 39.7 Å². The molecule has 0 aliphatic rings. The van der Waals surface area contributed by atoms with E-state index in [1.54, 1.807) is 12.3 Å². The Kier molecular flexibility index (Phi) is 3.01. The molecule has 18 heavy (non-hydrogen) atoms. The van der Waals surface area contributed by atoms with Gasteiger partial charge in [-0.1, -0.05) is 20.8 Å². The standard InChI is InChI=1S/C15H18FNO/c1-5-17-7-6-14(18)10-8-12(16)11(9-13(10)17)15(2,3)4/h6-9H,5H2,1-4H3. The maximum atomic E-state index is 14.1. The molecular weight excluding hydrogens is 229 g/mol. The molecule has 2 nitrogen and oxygen atoms in total. The molecule has 1 aromatic carbocycles. The molecule has 0 amide bonds. The monoisotopic (exact) mass is 247 g/mol. The maximum absolute atomic E-state index is 14.1. The Morgan fingerprint density at radius 3 is 2.50 bits per heavy atom. The highest BCUT2D eigenvalue weighted by atomic mass is 19.1. The number of fused-ring (bicyclic) bond motifs is 1. The third-order valence-electron chi connectivity index (χ3n) is 3.21. The summed E-state index contributed by atoms with van der Waals surface area (Å²) in [6.45, 7) is 8.66. The second kappa shape index (κ2) is 4.23. The van der Waals surface area contributed by atoms with Crippen LogP contribution < -0.4 is 5.43 Å². The molecule has 1 heterocycles. The van der Waals surface area contributed by atoms with Gasteiger partial charge in [0.1, 0.15) is 5.82 Å². The van der Waals surface area contributed by atoms with E-state index in [0.717, 1.165) is 12.1 Å². The summed E-state index contributed by atoms with van der Waals surface area (Å²) < 4.78 is 16.0. The summed E-state index contributed by atoms with van der Waals surface area (Å²) in [5.41, 5.74) is 1.04. The van der Waals surface area contributed by atoms with Crippen molar-refractivity contribution in [3.8, 4) is 0 Å². The Balaban J connectivity index is 2.89. The molecule has 0 N–H and O–H groups in total. The zero-order valence-corrected chi connectivity index (χ0v) is 11.2. The number of nitrogens with zero attached hydrogens (tertiary/aromatic N) is 1. The first-order chi connectivity index (χ1) is 8.34. The molecule has 2 rings (SSSR count). The Morgan fingerprint density at radius 1 is 1.28 bits per heavy atom. The molecule has 0 aliphatic carbocycles. The van der Waals surface area contributed by atoms with Gasteiger partial charge in [0.05, 0.1) is 5.52 Å². The summed E-state index contributed by atoms with van der Waals surface area (Å²) in [7, 11) is 0. The first-order valence-corrected chi connectivity index (χ1v) is 6.17. The van der Waals surface area contributed by atoms with Crippen LogP contribution in [0.5, 0.6) is 0 Å². The summed E-state index contributed by atoms with van der Waals surface area (Å²) in [4.78, 5) is 11.8. The van der Waals surface area contributed by atoms with Crippen LogP contribution >= 0.6 is 0 Å². The average molecular weight is 247 g/mol. The average Bonchev–Trinajstić information content (AvgIpc) is 2.28. The molecule has 0 saturated heterocycles. The lowest BCUT2D eigenvalue weighted by Crippen LogP contribution is -2.16. The van der Waals surface area contributed by atoms with Crippen molar-refractivity contribution in [3.63, 3.8) is 0 Å². The van der Waals surface area contributed by atoms with Crippen LogP contribution in [0, 0.1) is 5.82 Å². The molecule has 0 unspecified atom stereocenters. The second-order valence-electron chi connectivity index (χ2n) is 5.57. The quantitative estimate of drug-likeness (QED) is 0.756. The van der Waals surface area contributed by atoms with Crippen LogP contribution in [0.4, 0.5) is 4.39 Å². The number of aryl methyl sites for hydroxylation is 1. The van der Waals surface area contributed by atoms with Gasteiger partial charge in [-0.2, -0.15) is 0 Å². The molecule has 0 radical (unpaired) electrons. The van der Waals surface area contributed by atoms with E-state index >= 15 is 0 Å². The van der Waals surface area contributed by atoms with Crippen molar-refractivity contribution < 1.29 is 4.39 Å². The lowest BCUT2D eigenvalue weighted by Gasteiger charge is -2.21. The van der Waals surface area contributed by atoms with Gasteiger partial charge in [0.25, 0.3) is 0 Å². The summed E-state index contributed by atoms with van der Waals surface area (Å²) >= 11 is 0. The van der Waals surface area contributed by atoms with Gasteiger partial charge in [0.15, 0.2) is 5.43 Å². The largest absolute Gasteiger partial charge is 0.348 e. The van der Waals surface area contributed by atoms with Gasteiger partial charge >= 0.3 is 0 Å². The summed E-state index contributed by atoms with van der Waals surface area (Å²) in [6.07, 6.45) is 1.76.